The lowest BCUT2D eigenvalue weighted by Crippen LogP contribution is -2.39. The highest BCUT2D eigenvalue weighted by molar-refractivity contribution is 7.89. The van der Waals surface area contributed by atoms with Crippen molar-refractivity contribution in [2.45, 2.75) is 50.6 Å². The number of aromatic nitrogens is 2. The number of rotatable bonds is 7. The normalized spacial score (nSPS) is 15.0. The molecular formula is C17H22N4O4S. The molecule has 1 aromatic heterocycles. The number of aryl methyl sites for hydroxylation is 1. The van der Waals surface area contributed by atoms with Crippen LogP contribution >= 0.6 is 0 Å². The van der Waals surface area contributed by atoms with E-state index >= 15 is 0 Å². The van der Waals surface area contributed by atoms with Crippen molar-refractivity contribution >= 4 is 15.9 Å². The molecule has 1 amide bonds. The van der Waals surface area contributed by atoms with Crippen LogP contribution < -0.4 is 5.32 Å². The molecule has 2 aromatic rings. The molecule has 0 aliphatic heterocycles. The van der Waals surface area contributed by atoms with E-state index in [0.717, 1.165) is 19.3 Å². The Morgan fingerprint density at radius 2 is 2.15 bits per heavy atom. The molecule has 8 nitrogen and oxygen atoms in total. The summed E-state index contributed by atoms with van der Waals surface area (Å²) in [6.45, 7) is 3.63. The molecule has 1 saturated carbocycles. The molecule has 0 spiro atoms. The maximum atomic E-state index is 12.9. The second-order valence-corrected chi connectivity index (χ2v) is 8.23. The number of benzene rings is 1. The van der Waals surface area contributed by atoms with E-state index < -0.39 is 10.0 Å². The zero-order valence-corrected chi connectivity index (χ0v) is 15.6. The van der Waals surface area contributed by atoms with Crippen LogP contribution in [-0.4, -0.2) is 41.4 Å². The molecule has 1 fully saturated rings. The second-order valence-electron chi connectivity index (χ2n) is 6.29. The third kappa shape index (κ3) is 3.94. The van der Waals surface area contributed by atoms with Gasteiger partial charge in [0, 0.05) is 25.1 Å². The number of nitrogens with zero attached hydrogens (tertiary/aromatic N) is 3. The molecule has 0 bridgehead atoms. The van der Waals surface area contributed by atoms with Gasteiger partial charge in [-0.25, -0.2) is 8.42 Å². The van der Waals surface area contributed by atoms with Crippen LogP contribution in [-0.2, 0) is 16.6 Å². The first-order chi connectivity index (χ1) is 12.4. The molecule has 1 aliphatic rings. The van der Waals surface area contributed by atoms with Gasteiger partial charge in [-0.1, -0.05) is 18.1 Å². The summed E-state index contributed by atoms with van der Waals surface area (Å²) in [5.41, 5.74) is 0.337. The fourth-order valence-electron chi connectivity index (χ4n) is 2.70. The fourth-order valence-corrected chi connectivity index (χ4v) is 4.15. The van der Waals surface area contributed by atoms with E-state index in [4.69, 9.17) is 4.52 Å². The number of nitrogens with one attached hydrogen (secondary N) is 1. The van der Waals surface area contributed by atoms with Crippen molar-refractivity contribution in [1.82, 2.24) is 19.8 Å². The quantitative estimate of drug-likeness (QED) is 0.788. The molecular weight excluding hydrogens is 356 g/mol. The number of carbonyl (C=O) groups is 1. The summed E-state index contributed by atoms with van der Waals surface area (Å²) in [7, 11) is -3.78. The molecule has 0 atom stereocenters. The zero-order chi connectivity index (χ0) is 18.7. The first kappa shape index (κ1) is 18.5. The highest BCUT2D eigenvalue weighted by Gasteiger charge is 2.26. The number of sulfonamides is 1. The van der Waals surface area contributed by atoms with E-state index in [9.17, 15) is 13.2 Å². The van der Waals surface area contributed by atoms with E-state index in [-0.39, 0.29) is 29.9 Å². The van der Waals surface area contributed by atoms with Crippen molar-refractivity contribution in [2.24, 2.45) is 0 Å². The Morgan fingerprint density at radius 3 is 2.73 bits per heavy atom. The maximum absolute atomic E-state index is 12.9. The second kappa shape index (κ2) is 7.55. The lowest BCUT2D eigenvalue weighted by atomic mass is 9.93. The molecule has 1 N–H and O–H groups in total. The lowest BCUT2D eigenvalue weighted by molar-refractivity contribution is 0.0916. The van der Waals surface area contributed by atoms with Gasteiger partial charge < -0.3 is 9.84 Å². The Balaban J connectivity index is 1.80. The molecule has 1 aromatic carbocycles. The van der Waals surface area contributed by atoms with E-state index in [1.807, 2.05) is 0 Å². The molecule has 0 radical (unpaired) electrons. The summed E-state index contributed by atoms with van der Waals surface area (Å²) in [5.74, 6) is 0.429. The van der Waals surface area contributed by atoms with Gasteiger partial charge in [-0.3, -0.25) is 4.79 Å². The Morgan fingerprint density at radius 1 is 1.38 bits per heavy atom. The van der Waals surface area contributed by atoms with Crippen LogP contribution in [0, 0.1) is 6.92 Å². The third-order valence-corrected chi connectivity index (χ3v) is 6.33. The summed E-state index contributed by atoms with van der Waals surface area (Å²) in [4.78, 5) is 16.4. The number of hydrogen-bond acceptors (Lipinski definition) is 6. The van der Waals surface area contributed by atoms with Crippen LogP contribution in [0.2, 0.25) is 0 Å². The van der Waals surface area contributed by atoms with Crippen molar-refractivity contribution in [2.75, 3.05) is 6.54 Å². The predicted molar refractivity (Wildman–Crippen MR) is 93.9 cm³/mol. The first-order valence-electron chi connectivity index (χ1n) is 8.60. The Hall–Kier alpha value is -2.26. The monoisotopic (exact) mass is 378 g/mol. The van der Waals surface area contributed by atoms with Crippen molar-refractivity contribution in [3.05, 3.63) is 41.5 Å². The molecule has 140 valence electrons. The van der Waals surface area contributed by atoms with Gasteiger partial charge in [0.05, 0.1) is 11.4 Å². The lowest BCUT2D eigenvalue weighted by Gasteiger charge is -2.26. The highest BCUT2D eigenvalue weighted by Crippen LogP contribution is 2.21. The van der Waals surface area contributed by atoms with Crippen LogP contribution in [0.5, 0.6) is 0 Å². The highest BCUT2D eigenvalue weighted by atomic mass is 32.2. The summed E-state index contributed by atoms with van der Waals surface area (Å²) in [6.07, 6.45) is 3.05. The Kier molecular flexibility index (Phi) is 5.38. The smallest absolute Gasteiger partial charge is 0.251 e. The van der Waals surface area contributed by atoms with E-state index in [1.54, 1.807) is 26.0 Å². The molecule has 1 aliphatic carbocycles. The van der Waals surface area contributed by atoms with Crippen LogP contribution in [0.25, 0.3) is 0 Å². The number of hydrogen-bond donors (Lipinski definition) is 1. The summed E-state index contributed by atoms with van der Waals surface area (Å²) >= 11 is 0. The van der Waals surface area contributed by atoms with Gasteiger partial charge in [0.2, 0.25) is 15.9 Å². The van der Waals surface area contributed by atoms with Gasteiger partial charge in [-0.2, -0.15) is 9.29 Å². The summed E-state index contributed by atoms with van der Waals surface area (Å²) in [6, 6.07) is 6.28. The SMILES string of the molecule is CCN(Cc1noc(C)n1)S(=O)(=O)c1cccc(C(=O)NC2CCC2)c1. The van der Waals surface area contributed by atoms with Gasteiger partial charge in [0.25, 0.3) is 5.91 Å². The maximum Gasteiger partial charge on any atom is 0.251 e. The number of carbonyl (C=O) groups excluding carboxylic acids is 1. The molecule has 26 heavy (non-hydrogen) atoms. The average molecular weight is 378 g/mol. The Labute approximate surface area is 152 Å². The Bertz CT molecular complexity index is 890. The predicted octanol–water partition coefficient (Wildman–Crippen LogP) is 1.87. The van der Waals surface area contributed by atoms with Crippen molar-refractivity contribution in [3.63, 3.8) is 0 Å². The molecule has 1 heterocycles. The zero-order valence-electron chi connectivity index (χ0n) is 14.8. The van der Waals surface area contributed by atoms with Gasteiger partial charge in [0.1, 0.15) is 0 Å². The molecule has 3 rings (SSSR count). The fraction of sp³-hybridized carbons (Fsp3) is 0.471. The van der Waals surface area contributed by atoms with Crippen molar-refractivity contribution in [3.8, 4) is 0 Å². The van der Waals surface area contributed by atoms with Gasteiger partial charge >= 0.3 is 0 Å². The molecule has 9 heteroatoms. The van der Waals surface area contributed by atoms with E-state index in [1.165, 1.54) is 16.4 Å². The van der Waals surface area contributed by atoms with Crippen molar-refractivity contribution in [1.29, 1.82) is 0 Å². The van der Waals surface area contributed by atoms with Crippen LogP contribution in [0.3, 0.4) is 0 Å². The minimum atomic E-state index is -3.78. The van der Waals surface area contributed by atoms with E-state index in [0.29, 0.717) is 17.3 Å². The topological polar surface area (TPSA) is 105 Å². The summed E-state index contributed by atoms with van der Waals surface area (Å²) < 4.78 is 32.0. The average Bonchev–Trinajstić information content (AvgIpc) is 3.00. The third-order valence-electron chi connectivity index (χ3n) is 4.41. The van der Waals surface area contributed by atoms with E-state index in [2.05, 4.69) is 15.5 Å². The minimum absolute atomic E-state index is 0.00860. The summed E-state index contributed by atoms with van der Waals surface area (Å²) in [5, 5.41) is 6.67. The largest absolute Gasteiger partial charge is 0.349 e. The van der Waals surface area contributed by atoms with Crippen LogP contribution in [0.15, 0.2) is 33.7 Å². The van der Waals surface area contributed by atoms with Gasteiger partial charge in [-0.15, -0.1) is 0 Å². The van der Waals surface area contributed by atoms with Crippen LogP contribution in [0.1, 0.15) is 48.3 Å². The number of amides is 1. The van der Waals surface area contributed by atoms with Crippen molar-refractivity contribution < 1.29 is 17.7 Å². The van der Waals surface area contributed by atoms with Crippen LogP contribution in [0.4, 0.5) is 0 Å². The molecule has 0 unspecified atom stereocenters. The standard InChI is InChI=1S/C17H22N4O4S/c1-3-21(11-16-18-12(2)25-20-16)26(23,24)15-9-4-6-13(10-15)17(22)19-14-7-5-8-14/h4,6,9-10,14H,3,5,7-8,11H2,1-2H3,(H,19,22). The van der Waals surface area contributed by atoms with Gasteiger partial charge in [0.15, 0.2) is 5.82 Å². The minimum Gasteiger partial charge on any atom is -0.349 e. The molecule has 0 saturated heterocycles. The first-order valence-corrected chi connectivity index (χ1v) is 10.0. The van der Waals surface area contributed by atoms with Gasteiger partial charge in [-0.05, 0) is 37.5 Å².